The van der Waals surface area contributed by atoms with Gasteiger partial charge in [-0.3, -0.25) is 4.79 Å². The molecule has 3 rings (SSSR count). The summed E-state index contributed by atoms with van der Waals surface area (Å²) in [4.78, 5) is 12.1. The van der Waals surface area contributed by atoms with Crippen LogP contribution in [0.3, 0.4) is 0 Å². The number of nitrogens with one attached hydrogen (secondary N) is 2. The van der Waals surface area contributed by atoms with Gasteiger partial charge in [0.05, 0.1) is 7.11 Å². The Hall–Kier alpha value is -2.73. The van der Waals surface area contributed by atoms with Crippen LogP contribution in [0.4, 0.5) is 0 Å². The number of hydrogen-bond acceptors (Lipinski definition) is 5. The van der Waals surface area contributed by atoms with Crippen molar-refractivity contribution in [2.24, 2.45) is 0 Å². The van der Waals surface area contributed by atoms with E-state index in [-0.39, 0.29) is 5.91 Å². The summed E-state index contributed by atoms with van der Waals surface area (Å²) in [6, 6.07) is 11.6. The highest BCUT2D eigenvalue weighted by atomic mass is 16.6. The predicted octanol–water partition coefficient (Wildman–Crippen LogP) is 2.90. The molecule has 27 heavy (non-hydrogen) atoms. The number of amides is 1. The molecule has 2 N–H and O–H groups in total. The van der Waals surface area contributed by atoms with Crippen LogP contribution in [0.25, 0.3) is 0 Å². The minimum absolute atomic E-state index is 0.0322. The fourth-order valence-corrected chi connectivity index (χ4v) is 2.94. The van der Waals surface area contributed by atoms with E-state index in [2.05, 4.69) is 10.6 Å². The van der Waals surface area contributed by atoms with Gasteiger partial charge < -0.3 is 24.8 Å². The molecule has 0 fully saturated rings. The van der Waals surface area contributed by atoms with Crippen LogP contribution in [0.15, 0.2) is 36.4 Å². The third kappa shape index (κ3) is 4.92. The summed E-state index contributed by atoms with van der Waals surface area (Å²) in [5, 5.41) is 6.30. The number of ether oxygens (including phenoxy) is 3. The summed E-state index contributed by atoms with van der Waals surface area (Å²) in [5.74, 6) is 2.03. The second kappa shape index (κ2) is 9.28. The zero-order valence-electron chi connectivity index (χ0n) is 15.8. The summed E-state index contributed by atoms with van der Waals surface area (Å²) in [5.41, 5.74) is 2.79. The maximum Gasteiger partial charge on any atom is 0.251 e. The predicted molar refractivity (Wildman–Crippen MR) is 104 cm³/mol. The molecule has 0 aromatic heterocycles. The molecule has 2 aromatic carbocycles. The number of benzene rings is 2. The minimum Gasteiger partial charge on any atom is -0.493 e. The molecule has 0 unspecified atom stereocenters. The van der Waals surface area contributed by atoms with Crippen LogP contribution < -0.4 is 24.8 Å². The van der Waals surface area contributed by atoms with Gasteiger partial charge in [0.15, 0.2) is 11.5 Å². The van der Waals surface area contributed by atoms with Gasteiger partial charge in [0.1, 0.15) is 13.2 Å². The molecule has 0 atom stereocenters. The number of fused-ring (bicyclic) bond motifs is 1. The van der Waals surface area contributed by atoms with Gasteiger partial charge in [-0.1, -0.05) is 19.1 Å². The number of hydrogen-bond donors (Lipinski definition) is 2. The molecule has 2 aromatic rings. The normalized spacial score (nSPS) is 12.5. The maximum absolute atomic E-state index is 12.1. The van der Waals surface area contributed by atoms with Gasteiger partial charge in [-0.25, -0.2) is 0 Å². The van der Waals surface area contributed by atoms with Gasteiger partial charge >= 0.3 is 0 Å². The number of methoxy groups -OCH3 is 1. The average molecular weight is 370 g/mol. The highest BCUT2D eigenvalue weighted by Gasteiger charge is 2.18. The maximum atomic E-state index is 12.1. The van der Waals surface area contributed by atoms with Gasteiger partial charge in [0.25, 0.3) is 5.91 Å². The van der Waals surface area contributed by atoms with E-state index in [1.807, 2.05) is 43.3 Å². The van der Waals surface area contributed by atoms with Gasteiger partial charge in [0, 0.05) is 25.2 Å². The second-order valence-corrected chi connectivity index (χ2v) is 6.38. The second-order valence-electron chi connectivity index (χ2n) is 6.38. The Labute approximate surface area is 159 Å². The number of rotatable bonds is 8. The first-order valence-corrected chi connectivity index (χ1v) is 9.25. The third-order valence-electron chi connectivity index (χ3n) is 4.27. The molecule has 6 nitrogen and oxygen atoms in total. The molecule has 0 bridgehead atoms. The molecular formula is C21H26N2O4. The molecule has 0 radical (unpaired) electrons. The van der Waals surface area contributed by atoms with Crippen molar-refractivity contribution >= 4 is 5.91 Å². The van der Waals surface area contributed by atoms with E-state index in [1.54, 1.807) is 7.11 Å². The Balaban J connectivity index is 1.61. The van der Waals surface area contributed by atoms with E-state index in [0.29, 0.717) is 55.7 Å². The van der Waals surface area contributed by atoms with E-state index < -0.39 is 0 Å². The van der Waals surface area contributed by atoms with Crippen LogP contribution in [0.2, 0.25) is 0 Å². The standard InChI is InChI=1S/C21H26N2O4/c1-3-7-23-21(24)17-6-4-5-15(10-17)13-22-14-16-11-18(25-2)20-19(12-16)26-8-9-27-20/h4-6,10-12,22H,3,7-9,13-14H2,1-2H3,(H,23,24). The van der Waals surface area contributed by atoms with Gasteiger partial charge in [0.2, 0.25) is 5.75 Å². The molecule has 0 spiro atoms. The van der Waals surface area contributed by atoms with Crippen LogP contribution in [-0.4, -0.2) is 32.8 Å². The van der Waals surface area contributed by atoms with Crippen LogP contribution in [-0.2, 0) is 13.1 Å². The summed E-state index contributed by atoms with van der Waals surface area (Å²) < 4.78 is 16.7. The molecule has 1 aliphatic rings. The molecule has 0 saturated heterocycles. The molecule has 1 amide bonds. The lowest BCUT2D eigenvalue weighted by atomic mass is 10.1. The zero-order chi connectivity index (χ0) is 19.1. The smallest absolute Gasteiger partial charge is 0.251 e. The fraction of sp³-hybridized carbons (Fsp3) is 0.381. The lowest BCUT2D eigenvalue weighted by molar-refractivity contribution is 0.0953. The quantitative estimate of drug-likeness (QED) is 0.748. The Morgan fingerprint density at radius 1 is 1.11 bits per heavy atom. The van der Waals surface area contributed by atoms with Crippen LogP contribution in [0, 0.1) is 0 Å². The molecule has 6 heteroatoms. The van der Waals surface area contributed by atoms with E-state index in [1.165, 1.54) is 0 Å². The first-order chi connectivity index (χ1) is 13.2. The van der Waals surface area contributed by atoms with Crippen LogP contribution in [0.1, 0.15) is 34.8 Å². The summed E-state index contributed by atoms with van der Waals surface area (Å²) in [6.45, 7) is 5.11. The Bertz CT molecular complexity index is 774. The summed E-state index contributed by atoms with van der Waals surface area (Å²) >= 11 is 0. The molecule has 0 aliphatic carbocycles. The van der Waals surface area contributed by atoms with Crippen molar-refractivity contribution in [2.45, 2.75) is 26.4 Å². The topological polar surface area (TPSA) is 68.8 Å². The Morgan fingerprint density at radius 2 is 1.93 bits per heavy atom. The monoisotopic (exact) mass is 370 g/mol. The van der Waals surface area contributed by atoms with Crippen molar-refractivity contribution in [2.75, 3.05) is 26.9 Å². The molecular weight excluding hydrogens is 344 g/mol. The van der Waals surface area contributed by atoms with E-state index in [0.717, 1.165) is 17.5 Å². The van der Waals surface area contributed by atoms with Crippen LogP contribution >= 0.6 is 0 Å². The molecule has 0 saturated carbocycles. The van der Waals surface area contributed by atoms with E-state index >= 15 is 0 Å². The molecule has 1 aliphatic heterocycles. The average Bonchev–Trinajstić information content (AvgIpc) is 2.71. The lowest BCUT2D eigenvalue weighted by Gasteiger charge is -2.21. The van der Waals surface area contributed by atoms with E-state index in [9.17, 15) is 4.79 Å². The highest BCUT2D eigenvalue weighted by Crippen LogP contribution is 2.40. The van der Waals surface area contributed by atoms with Crippen molar-refractivity contribution in [3.8, 4) is 17.2 Å². The summed E-state index contributed by atoms with van der Waals surface area (Å²) in [6.07, 6.45) is 0.923. The first kappa shape index (κ1) is 19.0. The van der Waals surface area contributed by atoms with Crippen LogP contribution in [0.5, 0.6) is 17.2 Å². The minimum atomic E-state index is -0.0322. The highest BCUT2D eigenvalue weighted by molar-refractivity contribution is 5.94. The Kier molecular flexibility index (Phi) is 6.54. The lowest BCUT2D eigenvalue weighted by Crippen LogP contribution is -2.24. The van der Waals surface area contributed by atoms with Crippen molar-refractivity contribution in [1.29, 1.82) is 0 Å². The molecule has 1 heterocycles. The van der Waals surface area contributed by atoms with Gasteiger partial charge in [-0.05, 0) is 41.8 Å². The molecule has 144 valence electrons. The number of carbonyl (C=O) groups is 1. The summed E-state index contributed by atoms with van der Waals surface area (Å²) in [7, 11) is 1.62. The van der Waals surface area contributed by atoms with Crippen molar-refractivity contribution in [3.63, 3.8) is 0 Å². The van der Waals surface area contributed by atoms with Gasteiger partial charge in [-0.2, -0.15) is 0 Å². The van der Waals surface area contributed by atoms with Crippen molar-refractivity contribution in [3.05, 3.63) is 53.1 Å². The third-order valence-corrected chi connectivity index (χ3v) is 4.27. The van der Waals surface area contributed by atoms with Crippen molar-refractivity contribution < 1.29 is 19.0 Å². The zero-order valence-corrected chi connectivity index (χ0v) is 15.8. The van der Waals surface area contributed by atoms with Crippen molar-refractivity contribution in [1.82, 2.24) is 10.6 Å². The largest absolute Gasteiger partial charge is 0.493 e. The fourth-order valence-electron chi connectivity index (χ4n) is 2.94. The Morgan fingerprint density at radius 3 is 2.74 bits per heavy atom. The number of carbonyl (C=O) groups excluding carboxylic acids is 1. The van der Waals surface area contributed by atoms with Gasteiger partial charge in [-0.15, -0.1) is 0 Å². The SMILES string of the molecule is CCCNC(=O)c1cccc(CNCc2cc(OC)c3c(c2)OCCO3)c1. The van der Waals surface area contributed by atoms with E-state index in [4.69, 9.17) is 14.2 Å². The first-order valence-electron chi connectivity index (χ1n) is 9.25.